The van der Waals surface area contributed by atoms with Crippen molar-refractivity contribution in [2.24, 2.45) is 5.92 Å². The van der Waals surface area contributed by atoms with E-state index in [1.165, 1.54) is 23.1 Å². The Morgan fingerprint density at radius 1 is 1.28 bits per heavy atom. The summed E-state index contributed by atoms with van der Waals surface area (Å²) in [6.07, 6.45) is 3.17. The van der Waals surface area contributed by atoms with Gasteiger partial charge in [0.25, 0.3) is 5.56 Å². The van der Waals surface area contributed by atoms with E-state index in [1.807, 2.05) is 27.7 Å². The Balaban J connectivity index is 1.88. The molecule has 1 atom stereocenters. The molecule has 3 rings (SSSR count). The van der Waals surface area contributed by atoms with Crippen LogP contribution in [0.1, 0.15) is 59.9 Å². The van der Waals surface area contributed by atoms with Crippen molar-refractivity contribution in [1.29, 1.82) is 0 Å². The number of carbonyl (C=O) groups excluding carboxylic acids is 1. The largest absolute Gasteiger partial charge is 0.353 e. The number of piperidine rings is 1. The molecule has 160 valence electrons. The predicted molar refractivity (Wildman–Crippen MR) is 121 cm³/mol. The number of nitrogens with zero attached hydrogens (tertiary/aromatic N) is 4. The van der Waals surface area contributed by atoms with Crippen molar-refractivity contribution in [1.82, 2.24) is 19.9 Å². The Morgan fingerprint density at radius 2 is 1.97 bits per heavy atom. The van der Waals surface area contributed by atoms with Crippen LogP contribution < -0.4 is 15.8 Å². The number of nitrogens with one attached hydrogen (secondary N) is 1. The quantitative estimate of drug-likeness (QED) is 0.526. The molecule has 1 saturated heterocycles. The van der Waals surface area contributed by atoms with Crippen LogP contribution >= 0.6 is 23.1 Å². The zero-order valence-corrected chi connectivity index (χ0v) is 19.5. The lowest BCUT2D eigenvalue weighted by molar-refractivity contribution is -0.119. The van der Waals surface area contributed by atoms with Crippen LogP contribution in [-0.4, -0.2) is 45.3 Å². The second-order valence-corrected chi connectivity index (χ2v) is 10.1. The average Bonchev–Trinajstić information content (AvgIpc) is 3.11. The van der Waals surface area contributed by atoms with Gasteiger partial charge in [-0.25, -0.2) is 4.98 Å². The van der Waals surface area contributed by atoms with Gasteiger partial charge in [0.2, 0.25) is 5.91 Å². The molecule has 0 radical (unpaired) electrons. The third-order valence-corrected chi connectivity index (χ3v) is 7.39. The van der Waals surface area contributed by atoms with Gasteiger partial charge in [0.05, 0.1) is 5.75 Å². The third-order valence-electron chi connectivity index (χ3n) is 5.34. The molecule has 7 nitrogen and oxygen atoms in total. The second-order valence-electron chi connectivity index (χ2n) is 8.15. The highest BCUT2D eigenvalue weighted by Gasteiger charge is 2.23. The van der Waals surface area contributed by atoms with E-state index in [2.05, 4.69) is 27.1 Å². The summed E-state index contributed by atoms with van der Waals surface area (Å²) in [7, 11) is 0. The maximum atomic E-state index is 13.2. The standard InChI is InChI=1S/C20H31N5O2S2/c1-6-14(5)21-15(26)11-28-20-23-17-16(18(27)25(20)12(2)3)29-19(22-17)24-9-7-13(4)8-10-24/h12-14H,6-11H2,1-5H3,(H,21,26)/t14-/m0/s1. The molecule has 0 spiro atoms. The van der Waals surface area contributed by atoms with Crippen molar-refractivity contribution in [3.8, 4) is 0 Å². The van der Waals surface area contributed by atoms with Crippen LogP contribution in [-0.2, 0) is 4.79 Å². The molecule has 1 N–H and O–H groups in total. The molecule has 0 bridgehead atoms. The number of thioether (sulfide) groups is 1. The van der Waals surface area contributed by atoms with Crippen LogP contribution in [0.3, 0.4) is 0 Å². The Kier molecular flexibility index (Phi) is 7.21. The first-order valence-corrected chi connectivity index (χ1v) is 12.2. The lowest BCUT2D eigenvalue weighted by atomic mass is 10.00. The number of thiazole rings is 1. The van der Waals surface area contributed by atoms with Crippen molar-refractivity contribution in [2.45, 2.75) is 71.1 Å². The molecule has 0 aliphatic carbocycles. The number of carbonyl (C=O) groups is 1. The first-order valence-electron chi connectivity index (χ1n) is 10.4. The summed E-state index contributed by atoms with van der Waals surface area (Å²) in [5.41, 5.74) is 0.430. The van der Waals surface area contributed by atoms with E-state index in [9.17, 15) is 9.59 Å². The van der Waals surface area contributed by atoms with Crippen molar-refractivity contribution >= 4 is 44.5 Å². The second kappa shape index (κ2) is 9.47. The van der Waals surface area contributed by atoms with E-state index in [0.717, 1.165) is 43.4 Å². The van der Waals surface area contributed by atoms with Crippen molar-refractivity contribution in [2.75, 3.05) is 23.7 Å². The normalized spacial score (nSPS) is 16.6. The Morgan fingerprint density at radius 3 is 2.59 bits per heavy atom. The number of hydrogen-bond acceptors (Lipinski definition) is 7. The van der Waals surface area contributed by atoms with Crippen molar-refractivity contribution < 1.29 is 4.79 Å². The Labute approximate surface area is 180 Å². The van der Waals surface area contributed by atoms with Gasteiger partial charge in [0.1, 0.15) is 4.70 Å². The van der Waals surface area contributed by atoms with Gasteiger partial charge in [0.15, 0.2) is 15.9 Å². The van der Waals surface area contributed by atoms with Gasteiger partial charge in [-0.05, 0) is 46.0 Å². The van der Waals surface area contributed by atoms with Gasteiger partial charge < -0.3 is 10.2 Å². The van der Waals surface area contributed by atoms with Crippen molar-refractivity contribution in [3.63, 3.8) is 0 Å². The van der Waals surface area contributed by atoms with E-state index >= 15 is 0 Å². The number of rotatable bonds is 7. The number of aromatic nitrogens is 3. The SMILES string of the molecule is CC[C@H](C)NC(=O)CSc1nc2nc(N3CCC(C)CC3)sc2c(=O)n1C(C)C. The van der Waals surface area contributed by atoms with Crippen LogP contribution in [0.2, 0.25) is 0 Å². The molecule has 2 aromatic rings. The maximum absolute atomic E-state index is 13.2. The topological polar surface area (TPSA) is 80.1 Å². The van der Waals surface area contributed by atoms with E-state index in [4.69, 9.17) is 0 Å². The van der Waals surface area contributed by atoms with E-state index in [1.54, 1.807) is 4.57 Å². The number of hydrogen-bond donors (Lipinski definition) is 1. The minimum Gasteiger partial charge on any atom is -0.353 e. The highest BCUT2D eigenvalue weighted by molar-refractivity contribution is 7.99. The first-order chi connectivity index (χ1) is 13.8. The fourth-order valence-electron chi connectivity index (χ4n) is 3.30. The third kappa shape index (κ3) is 5.12. The Hall–Kier alpha value is -1.61. The number of fused-ring (bicyclic) bond motifs is 1. The van der Waals surface area contributed by atoms with Crippen LogP contribution in [0.15, 0.2) is 9.95 Å². The van der Waals surface area contributed by atoms with Crippen LogP contribution in [0.4, 0.5) is 5.13 Å². The lowest BCUT2D eigenvalue weighted by Crippen LogP contribution is -2.33. The van der Waals surface area contributed by atoms with Gasteiger partial charge in [0, 0.05) is 25.2 Å². The van der Waals surface area contributed by atoms with Gasteiger partial charge >= 0.3 is 0 Å². The molecule has 2 aromatic heterocycles. The number of anilines is 1. The maximum Gasteiger partial charge on any atom is 0.274 e. The molecule has 0 saturated carbocycles. The molecule has 1 fully saturated rings. The Bertz CT molecular complexity index is 915. The minimum atomic E-state index is -0.0658. The summed E-state index contributed by atoms with van der Waals surface area (Å²) in [5.74, 6) is 0.924. The van der Waals surface area contributed by atoms with Crippen LogP contribution in [0.5, 0.6) is 0 Å². The molecule has 1 amide bonds. The zero-order chi connectivity index (χ0) is 21.1. The predicted octanol–water partition coefficient (Wildman–Crippen LogP) is 3.68. The molecule has 0 aromatic carbocycles. The lowest BCUT2D eigenvalue weighted by Gasteiger charge is -2.29. The fourth-order valence-corrected chi connectivity index (χ4v) is 5.22. The zero-order valence-electron chi connectivity index (χ0n) is 17.9. The smallest absolute Gasteiger partial charge is 0.274 e. The molecular formula is C20H31N5O2S2. The van der Waals surface area contributed by atoms with Gasteiger partial charge in [-0.2, -0.15) is 4.98 Å². The van der Waals surface area contributed by atoms with Gasteiger partial charge in [-0.3, -0.25) is 14.2 Å². The summed E-state index contributed by atoms with van der Waals surface area (Å²) in [4.78, 5) is 37.0. The highest BCUT2D eigenvalue weighted by Crippen LogP contribution is 2.31. The fraction of sp³-hybridized carbons (Fsp3) is 0.700. The van der Waals surface area contributed by atoms with Crippen LogP contribution in [0.25, 0.3) is 10.3 Å². The molecule has 3 heterocycles. The highest BCUT2D eigenvalue weighted by atomic mass is 32.2. The molecular weight excluding hydrogens is 406 g/mol. The van der Waals surface area contributed by atoms with E-state index in [-0.39, 0.29) is 29.3 Å². The van der Waals surface area contributed by atoms with Gasteiger partial charge in [-0.1, -0.05) is 36.9 Å². The summed E-state index contributed by atoms with van der Waals surface area (Å²) < 4.78 is 2.28. The summed E-state index contributed by atoms with van der Waals surface area (Å²) in [5, 5.41) is 4.39. The van der Waals surface area contributed by atoms with Crippen molar-refractivity contribution in [3.05, 3.63) is 10.4 Å². The first kappa shape index (κ1) is 22.1. The number of amides is 1. The monoisotopic (exact) mass is 437 g/mol. The van der Waals surface area contributed by atoms with E-state index in [0.29, 0.717) is 15.5 Å². The summed E-state index contributed by atoms with van der Waals surface area (Å²) in [6.45, 7) is 12.2. The molecule has 29 heavy (non-hydrogen) atoms. The summed E-state index contributed by atoms with van der Waals surface area (Å²) in [6, 6.07) is 0.0973. The molecule has 1 aliphatic rings. The van der Waals surface area contributed by atoms with Gasteiger partial charge in [-0.15, -0.1) is 0 Å². The molecule has 1 aliphatic heterocycles. The summed E-state index contributed by atoms with van der Waals surface area (Å²) >= 11 is 2.74. The minimum absolute atomic E-state index is 0.0408. The average molecular weight is 438 g/mol. The molecule has 0 unspecified atom stereocenters. The van der Waals surface area contributed by atoms with Crippen LogP contribution in [0, 0.1) is 5.92 Å². The van der Waals surface area contributed by atoms with E-state index < -0.39 is 0 Å². The molecule has 9 heteroatoms.